The van der Waals surface area contributed by atoms with Gasteiger partial charge in [-0.2, -0.15) is 4.98 Å². The third-order valence-corrected chi connectivity index (χ3v) is 5.20. The van der Waals surface area contributed by atoms with Crippen molar-refractivity contribution >= 4 is 11.6 Å². The highest BCUT2D eigenvalue weighted by molar-refractivity contribution is 6.32. The second kappa shape index (κ2) is 10.2. The molecule has 8 heteroatoms. The van der Waals surface area contributed by atoms with Crippen LogP contribution in [0.25, 0.3) is 22.8 Å². The van der Waals surface area contributed by atoms with Crippen molar-refractivity contribution in [2.45, 2.75) is 33.4 Å². The molecule has 0 aliphatic rings. The van der Waals surface area contributed by atoms with Gasteiger partial charge in [-0.1, -0.05) is 35.3 Å². The first kappa shape index (κ1) is 23.2. The predicted molar refractivity (Wildman–Crippen MR) is 120 cm³/mol. The lowest BCUT2D eigenvalue weighted by Crippen LogP contribution is -2.21. The maximum atomic E-state index is 9.49. The Morgan fingerprint density at radius 3 is 2.61 bits per heavy atom. The third-order valence-electron chi connectivity index (χ3n) is 4.92. The molecule has 7 nitrogen and oxygen atoms in total. The molecular formula is C23H28ClN3O4. The van der Waals surface area contributed by atoms with Crippen molar-refractivity contribution in [2.75, 3.05) is 26.8 Å². The molecule has 0 amide bonds. The minimum atomic E-state index is -0.966. The van der Waals surface area contributed by atoms with Crippen LogP contribution in [0.4, 0.5) is 0 Å². The molecular weight excluding hydrogens is 418 g/mol. The maximum Gasteiger partial charge on any atom is 0.258 e. The Balaban J connectivity index is 1.86. The molecule has 0 bridgehead atoms. The fourth-order valence-electron chi connectivity index (χ4n) is 3.23. The Morgan fingerprint density at radius 2 is 1.94 bits per heavy atom. The lowest BCUT2D eigenvalue weighted by Gasteiger charge is -2.14. The Hall–Kier alpha value is -2.45. The largest absolute Gasteiger partial charge is 0.489 e. The number of hydrogen-bond donors (Lipinski definition) is 2. The average molecular weight is 446 g/mol. The summed E-state index contributed by atoms with van der Waals surface area (Å²) < 4.78 is 11.1. The van der Waals surface area contributed by atoms with Crippen LogP contribution in [-0.2, 0) is 6.54 Å². The topological polar surface area (TPSA) is 91.9 Å². The van der Waals surface area contributed by atoms with Crippen molar-refractivity contribution in [2.24, 2.45) is 0 Å². The number of hydrogen-bond acceptors (Lipinski definition) is 7. The maximum absolute atomic E-state index is 9.49. The number of ether oxygens (including phenoxy) is 1. The van der Waals surface area contributed by atoms with Gasteiger partial charge in [0.15, 0.2) is 0 Å². The van der Waals surface area contributed by atoms with Crippen LogP contribution >= 0.6 is 11.6 Å². The van der Waals surface area contributed by atoms with Crippen molar-refractivity contribution in [1.82, 2.24) is 15.0 Å². The summed E-state index contributed by atoms with van der Waals surface area (Å²) in [7, 11) is 2.08. The number of aliphatic hydroxyl groups is 2. The van der Waals surface area contributed by atoms with E-state index < -0.39 is 6.10 Å². The molecule has 1 aromatic heterocycles. The van der Waals surface area contributed by atoms with Crippen LogP contribution in [0.1, 0.15) is 23.6 Å². The smallest absolute Gasteiger partial charge is 0.258 e. The molecule has 3 aromatic rings. The van der Waals surface area contributed by atoms with Crippen LogP contribution in [0, 0.1) is 13.8 Å². The van der Waals surface area contributed by atoms with Gasteiger partial charge in [0.2, 0.25) is 5.82 Å². The molecule has 31 heavy (non-hydrogen) atoms. The number of aromatic nitrogens is 2. The first-order chi connectivity index (χ1) is 14.8. The fourth-order valence-corrected chi connectivity index (χ4v) is 3.55. The van der Waals surface area contributed by atoms with E-state index in [1.165, 1.54) is 5.56 Å². The van der Waals surface area contributed by atoms with Gasteiger partial charge in [-0.25, -0.2) is 0 Å². The van der Waals surface area contributed by atoms with Gasteiger partial charge >= 0.3 is 0 Å². The van der Waals surface area contributed by atoms with Crippen molar-refractivity contribution in [1.29, 1.82) is 0 Å². The lowest BCUT2D eigenvalue weighted by atomic mass is 10.1. The summed E-state index contributed by atoms with van der Waals surface area (Å²) in [4.78, 5) is 6.80. The molecule has 0 saturated carbocycles. The molecule has 0 saturated heterocycles. The summed E-state index contributed by atoms with van der Waals surface area (Å²) in [6, 6.07) is 9.79. The van der Waals surface area contributed by atoms with E-state index in [4.69, 9.17) is 26.0 Å². The van der Waals surface area contributed by atoms with E-state index in [9.17, 15) is 5.11 Å². The van der Waals surface area contributed by atoms with E-state index >= 15 is 0 Å². The van der Waals surface area contributed by atoms with E-state index in [-0.39, 0.29) is 13.2 Å². The normalized spacial score (nSPS) is 12.4. The van der Waals surface area contributed by atoms with Gasteiger partial charge in [0.05, 0.1) is 11.6 Å². The van der Waals surface area contributed by atoms with Gasteiger partial charge in [-0.05, 0) is 62.8 Å². The first-order valence-corrected chi connectivity index (χ1v) is 10.5. The predicted octanol–water partition coefficient (Wildman–Crippen LogP) is 3.86. The van der Waals surface area contributed by atoms with Crippen LogP contribution in [0.15, 0.2) is 34.9 Å². The van der Waals surface area contributed by atoms with Crippen molar-refractivity contribution in [3.05, 3.63) is 52.0 Å². The van der Waals surface area contributed by atoms with Crippen molar-refractivity contribution in [3.63, 3.8) is 0 Å². The minimum Gasteiger partial charge on any atom is -0.489 e. The van der Waals surface area contributed by atoms with Crippen LogP contribution in [-0.4, -0.2) is 58.2 Å². The molecule has 0 aliphatic carbocycles. The van der Waals surface area contributed by atoms with Gasteiger partial charge in [0.25, 0.3) is 5.89 Å². The molecule has 2 aromatic carbocycles. The highest BCUT2D eigenvalue weighted by atomic mass is 35.5. The highest BCUT2D eigenvalue weighted by Crippen LogP contribution is 2.34. The van der Waals surface area contributed by atoms with Crippen molar-refractivity contribution < 1.29 is 19.5 Å². The Bertz CT molecular complexity index is 1010. The van der Waals surface area contributed by atoms with Gasteiger partial charge in [-0.15, -0.1) is 0 Å². The van der Waals surface area contributed by atoms with Crippen LogP contribution in [0.2, 0.25) is 5.02 Å². The quantitative estimate of drug-likeness (QED) is 0.516. The molecule has 166 valence electrons. The number of aliphatic hydroxyl groups excluding tert-OH is 2. The van der Waals surface area contributed by atoms with Gasteiger partial charge in [-0.3, -0.25) is 0 Å². The zero-order valence-corrected chi connectivity index (χ0v) is 19.0. The van der Waals surface area contributed by atoms with E-state index in [1.807, 2.05) is 26.0 Å². The highest BCUT2D eigenvalue weighted by Gasteiger charge is 2.16. The summed E-state index contributed by atoms with van der Waals surface area (Å²) in [5.74, 6) is 1.32. The van der Waals surface area contributed by atoms with Gasteiger partial charge in [0, 0.05) is 17.7 Å². The molecule has 1 unspecified atom stereocenters. The number of halogens is 1. The lowest BCUT2D eigenvalue weighted by molar-refractivity contribution is 0.0534. The summed E-state index contributed by atoms with van der Waals surface area (Å²) in [6.45, 7) is 7.39. The Morgan fingerprint density at radius 1 is 1.16 bits per heavy atom. The number of rotatable bonds is 9. The second-order valence-corrected chi connectivity index (χ2v) is 8.12. The van der Waals surface area contributed by atoms with Crippen LogP contribution in [0.3, 0.4) is 0 Å². The molecule has 1 atom stereocenters. The van der Waals surface area contributed by atoms with Gasteiger partial charge in [0.1, 0.15) is 18.5 Å². The van der Waals surface area contributed by atoms with Gasteiger partial charge < -0.3 is 24.4 Å². The molecule has 1 heterocycles. The van der Waals surface area contributed by atoms with E-state index in [0.717, 1.165) is 29.8 Å². The SMILES string of the molecule is CCN(C)Cc1cc(C)cc(-c2nc(-c3cc(C)c(OCC(O)CO)c(Cl)c3)no2)c1. The monoisotopic (exact) mass is 445 g/mol. The summed E-state index contributed by atoms with van der Waals surface area (Å²) in [5.41, 5.74) is 4.65. The molecule has 0 spiro atoms. The molecule has 0 aliphatic heterocycles. The standard InChI is InChI=1S/C23H28ClN3O4/c1-5-27(4)11-16-6-14(2)7-18(9-16)23-25-22(26-31-23)17-8-15(3)21(20(24)10-17)30-13-19(29)12-28/h6-10,19,28-29H,5,11-13H2,1-4H3. The van der Waals surface area contributed by atoms with E-state index in [0.29, 0.717) is 28.1 Å². The van der Waals surface area contributed by atoms with Crippen molar-refractivity contribution in [3.8, 4) is 28.6 Å². The third kappa shape index (κ3) is 5.83. The van der Waals surface area contributed by atoms with Crippen LogP contribution in [0.5, 0.6) is 5.75 Å². The van der Waals surface area contributed by atoms with E-state index in [2.05, 4.69) is 41.1 Å². The summed E-state index contributed by atoms with van der Waals surface area (Å²) >= 11 is 6.38. The molecule has 0 fully saturated rings. The number of benzene rings is 2. The molecule has 2 N–H and O–H groups in total. The fraction of sp³-hybridized carbons (Fsp3) is 0.391. The number of nitrogens with zero attached hydrogens (tertiary/aromatic N) is 3. The second-order valence-electron chi connectivity index (χ2n) is 7.71. The Kier molecular flexibility index (Phi) is 7.67. The zero-order valence-electron chi connectivity index (χ0n) is 18.2. The molecule has 3 rings (SSSR count). The van der Waals surface area contributed by atoms with E-state index in [1.54, 1.807) is 6.07 Å². The minimum absolute atomic E-state index is 0.0499. The molecule has 0 radical (unpaired) electrons. The summed E-state index contributed by atoms with van der Waals surface area (Å²) in [5, 5.41) is 22.9. The Labute approximate surface area is 187 Å². The average Bonchev–Trinajstić information content (AvgIpc) is 3.22. The van der Waals surface area contributed by atoms with Crippen LogP contribution < -0.4 is 4.74 Å². The first-order valence-electron chi connectivity index (χ1n) is 10.2. The number of aryl methyl sites for hydroxylation is 2. The zero-order chi connectivity index (χ0) is 22.5. The summed E-state index contributed by atoms with van der Waals surface area (Å²) in [6.07, 6.45) is -0.966.